The zero-order valence-corrected chi connectivity index (χ0v) is 7.06. The summed E-state index contributed by atoms with van der Waals surface area (Å²) in [6.07, 6.45) is 4.73. The van der Waals surface area contributed by atoms with Gasteiger partial charge in [0.05, 0.1) is 17.1 Å². The first-order valence-corrected chi connectivity index (χ1v) is 4.46. The van der Waals surface area contributed by atoms with Gasteiger partial charge in [0.1, 0.15) is 0 Å². The van der Waals surface area contributed by atoms with Crippen LogP contribution in [-0.2, 0) is 6.42 Å². The van der Waals surface area contributed by atoms with Crippen LogP contribution in [0.1, 0.15) is 12.5 Å². The van der Waals surface area contributed by atoms with Crippen molar-refractivity contribution in [3.05, 3.63) is 23.3 Å². The van der Waals surface area contributed by atoms with E-state index in [9.17, 15) is 0 Å². The van der Waals surface area contributed by atoms with Crippen LogP contribution in [0.4, 0.5) is 0 Å². The minimum Gasteiger partial charge on any atom is -0.158 e. The van der Waals surface area contributed by atoms with Crippen molar-refractivity contribution >= 4 is 21.4 Å². The second-order valence-electron chi connectivity index (χ2n) is 2.38. The third-order valence-electron chi connectivity index (χ3n) is 1.75. The molecule has 0 fully saturated rings. The highest BCUT2D eigenvalue weighted by atomic mass is 32.1. The first-order valence-electron chi connectivity index (χ1n) is 3.58. The quantitative estimate of drug-likeness (QED) is 0.646. The lowest BCUT2D eigenvalue weighted by atomic mass is 10.2. The van der Waals surface area contributed by atoms with Gasteiger partial charge in [-0.2, -0.15) is 10.2 Å². The van der Waals surface area contributed by atoms with Gasteiger partial charge < -0.3 is 0 Å². The van der Waals surface area contributed by atoms with Gasteiger partial charge >= 0.3 is 0 Å². The van der Waals surface area contributed by atoms with Crippen LogP contribution in [-0.4, -0.2) is 10.2 Å². The molecular formula is C8H8N2S. The van der Waals surface area contributed by atoms with Gasteiger partial charge in [0, 0.05) is 5.39 Å². The monoisotopic (exact) mass is 164 g/mol. The highest BCUT2D eigenvalue weighted by Crippen LogP contribution is 2.23. The minimum absolute atomic E-state index is 1.08. The molecule has 0 aliphatic carbocycles. The molecule has 0 aliphatic heterocycles. The summed E-state index contributed by atoms with van der Waals surface area (Å²) in [5, 5.41) is 11.1. The zero-order chi connectivity index (χ0) is 7.68. The number of fused-ring (bicyclic) bond motifs is 1. The van der Waals surface area contributed by atoms with Crippen LogP contribution in [0, 0.1) is 0 Å². The molecule has 0 spiro atoms. The van der Waals surface area contributed by atoms with Crippen LogP contribution in [0.3, 0.4) is 0 Å². The molecule has 2 aromatic heterocycles. The number of hydrogen-bond donors (Lipinski definition) is 0. The van der Waals surface area contributed by atoms with Crippen molar-refractivity contribution in [2.45, 2.75) is 13.3 Å². The summed E-state index contributed by atoms with van der Waals surface area (Å²) in [5.41, 5.74) is 1.37. The lowest BCUT2D eigenvalue weighted by Gasteiger charge is -1.89. The summed E-state index contributed by atoms with van der Waals surface area (Å²) >= 11 is 1.74. The number of aromatic nitrogens is 2. The summed E-state index contributed by atoms with van der Waals surface area (Å²) in [4.78, 5) is 0. The first-order chi connectivity index (χ1) is 5.42. The summed E-state index contributed by atoms with van der Waals surface area (Å²) < 4.78 is 1.23. The largest absolute Gasteiger partial charge is 0.158 e. The van der Waals surface area contributed by atoms with Crippen molar-refractivity contribution in [3.63, 3.8) is 0 Å². The predicted molar refractivity (Wildman–Crippen MR) is 46.8 cm³/mol. The molecule has 0 bridgehead atoms. The molecule has 2 aromatic rings. The third-order valence-corrected chi connectivity index (χ3v) is 2.73. The fourth-order valence-electron chi connectivity index (χ4n) is 1.12. The van der Waals surface area contributed by atoms with Crippen LogP contribution in [0.25, 0.3) is 10.1 Å². The Morgan fingerprint density at radius 2 is 2.18 bits per heavy atom. The van der Waals surface area contributed by atoms with Crippen LogP contribution in [0.15, 0.2) is 17.8 Å². The van der Waals surface area contributed by atoms with Gasteiger partial charge in [0.25, 0.3) is 0 Å². The summed E-state index contributed by atoms with van der Waals surface area (Å²) in [5.74, 6) is 0. The summed E-state index contributed by atoms with van der Waals surface area (Å²) in [7, 11) is 0. The number of thiophene rings is 1. The second kappa shape index (κ2) is 2.58. The topological polar surface area (TPSA) is 25.8 Å². The van der Waals surface area contributed by atoms with Gasteiger partial charge in [0.15, 0.2) is 0 Å². The molecule has 0 atom stereocenters. The maximum absolute atomic E-state index is 3.85. The van der Waals surface area contributed by atoms with Crippen molar-refractivity contribution in [1.82, 2.24) is 10.2 Å². The Balaban J connectivity index is 2.76. The fourth-order valence-corrected chi connectivity index (χ4v) is 2.10. The van der Waals surface area contributed by atoms with Crippen molar-refractivity contribution in [2.75, 3.05) is 0 Å². The van der Waals surface area contributed by atoms with Crippen molar-refractivity contribution in [1.29, 1.82) is 0 Å². The van der Waals surface area contributed by atoms with Crippen LogP contribution < -0.4 is 0 Å². The molecule has 0 aromatic carbocycles. The standard InChI is InChI=1S/C8H8N2S/c1-2-6-5-11-8-4-10-9-3-7(6)8/h3-5H,2H2,1H3. The normalized spacial score (nSPS) is 10.6. The number of aryl methyl sites for hydroxylation is 1. The summed E-state index contributed by atoms with van der Waals surface area (Å²) in [6.45, 7) is 2.15. The van der Waals surface area contributed by atoms with Gasteiger partial charge in [0.2, 0.25) is 0 Å². The van der Waals surface area contributed by atoms with Crippen LogP contribution in [0.5, 0.6) is 0 Å². The number of nitrogens with zero attached hydrogens (tertiary/aromatic N) is 2. The molecule has 2 heterocycles. The van der Waals surface area contributed by atoms with Gasteiger partial charge in [-0.15, -0.1) is 11.3 Å². The average molecular weight is 164 g/mol. The average Bonchev–Trinajstić information content (AvgIpc) is 2.47. The molecule has 0 unspecified atom stereocenters. The molecule has 0 radical (unpaired) electrons. The van der Waals surface area contributed by atoms with Crippen LogP contribution in [0.2, 0.25) is 0 Å². The first kappa shape index (κ1) is 6.73. The Bertz CT molecular complexity index is 367. The smallest absolute Gasteiger partial charge is 0.0674 e. The van der Waals surface area contributed by atoms with E-state index in [1.165, 1.54) is 15.6 Å². The molecular weight excluding hydrogens is 156 g/mol. The molecule has 2 rings (SSSR count). The highest BCUT2D eigenvalue weighted by Gasteiger charge is 2.00. The van der Waals surface area contributed by atoms with E-state index >= 15 is 0 Å². The third kappa shape index (κ3) is 1.01. The molecule has 0 amide bonds. The van der Waals surface area contributed by atoms with Crippen molar-refractivity contribution in [2.24, 2.45) is 0 Å². The number of rotatable bonds is 1. The molecule has 3 heteroatoms. The Kier molecular flexibility index (Phi) is 1.58. The molecule has 0 N–H and O–H groups in total. The highest BCUT2D eigenvalue weighted by molar-refractivity contribution is 7.17. The van der Waals surface area contributed by atoms with Gasteiger partial charge in [-0.25, -0.2) is 0 Å². The van der Waals surface area contributed by atoms with Gasteiger partial charge in [-0.05, 0) is 17.4 Å². The maximum Gasteiger partial charge on any atom is 0.0674 e. The Hall–Kier alpha value is -0.960. The van der Waals surface area contributed by atoms with E-state index < -0.39 is 0 Å². The fraction of sp³-hybridized carbons (Fsp3) is 0.250. The van der Waals surface area contributed by atoms with E-state index in [1.807, 2.05) is 12.4 Å². The zero-order valence-electron chi connectivity index (χ0n) is 6.24. The van der Waals surface area contributed by atoms with Crippen LogP contribution >= 0.6 is 11.3 Å². The minimum atomic E-state index is 1.08. The van der Waals surface area contributed by atoms with Gasteiger partial charge in [-0.3, -0.25) is 0 Å². The van der Waals surface area contributed by atoms with E-state index in [2.05, 4.69) is 22.5 Å². The molecule has 0 aliphatic rings. The van der Waals surface area contributed by atoms with E-state index in [-0.39, 0.29) is 0 Å². The maximum atomic E-state index is 3.85. The number of hydrogen-bond acceptors (Lipinski definition) is 3. The lowest BCUT2D eigenvalue weighted by molar-refractivity contribution is 1.05. The van der Waals surface area contributed by atoms with Crippen molar-refractivity contribution in [3.8, 4) is 0 Å². The van der Waals surface area contributed by atoms with Crippen molar-refractivity contribution < 1.29 is 0 Å². The second-order valence-corrected chi connectivity index (χ2v) is 3.29. The molecule has 0 saturated carbocycles. The molecule has 56 valence electrons. The van der Waals surface area contributed by atoms with E-state index in [0.717, 1.165) is 6.42 Å². The van der Waals surface area contributed by atoms with E-state index in [1.54, 1.807) is 11.3 Å². The molecule has 2 nitrogen and oxygen atoms in total. The molecule has 0 saturated heterocycles. The lowest BCUT2D eigenvalue weighted by Crippen LogP contribution is -1.79. The predicted octanol–water partition coefficient (Wildman–Crippen LogP) is 2.25. The van der Waals surface area contributed by atoms with E-state index in [4.69, 9.17) is 0 Å². The molecule has 11 heavy (non-hydrogen) atoms. The Labute approximate surface area is 68.9 Å². The van der Waals surface area contributed by atoms with Gasteiger partial charge in [-0.1, -0.05) is 6.92 Å². The Morgan fingerprint density at radius 3 is 3.00 bits per heavy atom. The SMILES string of the molecule is CCc1csc2cnncc12. The Morgan fingerprint density at radius 1 is 1.36 bits per heavy atom. The van der Waals surface area contributed by atoms with E-state index in [0.29, 0.717) is 0 Å². The summed E-state index contributed by atoms with van der Waals surface area (Å²) in [6, 6.07) is 0.